The fraction of sp³-hybridized carbons (Fsp3) is 0.480. The monoisotopic (exact) mass is 492 g/mol. The largest absolute Gasteiger partial charge is 0.478 e. The van der Waals surface area contributed by atoms with Crippen LogP contribution in [0.5, 0.6) is 5.75 Å². The van der Waals surface area contributed by atoms with Gasteiger partial charge in [-0.05, 0) is 67.0 Å². The van der Waals surface area contributed by atoms with Crippen LogP contribution in [0.15, 0.2) is 42.5 Å². The van der Waals surface area contributed by atoms with Gasteiger partial charge in [-0.15, -0.1) is 0 Å². The molecular weight excluding hydrogens is 464 g/mol. The molecular formula is C25H29ClO8. The summed E-state index contributed by atoms with van der Waals surface area (Å²) >= 11 is 6.40. The van der Waals surface area contributed by atoms with E-state index in [-0.39, 0.29) is 0 Å². The molecule has 4 rings (SSSR count). The van der Waals surface area contributed by atoms with Crippen LogP contribution in [0.2, 0.25) is 5.02 Å². The Morgan fingerprint density at radius 2 is 1.71 bits per heavy atom. The van der Waals surface area contributed by atoms with Gasteiger partial charge in [0.2, 0.25) is 5.60 Å². The van der Waals surface area contributed by atoms with Crippen LogP contribution in [0.1, 0.15) is 48.5 Å². The summed E-state index contributed by atoms with van der Waals surface area (Å²) < 4.78 is 11.5. The average Bonchev–Trinajstić information content (AvgIpc) is 3.31. The van der Waals surface area contributed by atoms with Crippen LogP contribution in [-0.2, 0) is 16.0 Å². The molecule has 2 aromatic carbocycles. The quantitative estimate of drug-likeness (QED) is 0.397. The van der Waals surface area contributed by atoms with Crippen molar-refractivity contribution in [3.8, 4) is 5.75 Å². The summed E-state index contributed by atoms with van der Waals surface area (Å²) in [6, 6.07) is 12.3. The zero-order chi connectivity index (χ0) is 24.5. The minimum atomic E-state index is -1.46. The highest BCUT2D eigenvalue weighted by Gasteiger charge is 2.45. The van der Waals surface area contributed by atoms with Crippen LogP contribution in [0, 0.1) is 0 Å². The molecule has 34 heavy (non-hydrogen) atoms. The predicted octanol–water partition coefficient (Wildman–Crippen LogP) is 2.22. The maximum atomic E-state index is 11.7. The molecule has 2 aromatic rings. The number of rotatable bonds is 7. The molecule has 1 saturated carbocycles. The second-order valence-electron chi connectivity index (χ2n) is 9.03. The van der Waals surface area contributed by atoms with Crippen LogP contribution >= 0.6 is 11.6 Å². The standard InChI is InChI=1S/C25H29ClO8/c26-18-8-5-15(23-22(30)21(29)20(28)19(13-27)33-23)12-16(18)11-14-3-6-17(7-4-14)34-25(24(31)32)9-1-2-10-25/h3-8,12,19-23,27-30H,1-2,9-11,13H2,(H,31,32)/t19-,20-,21+,22-,23+/m1/s1. The highest BCUT2D eigenvalue weighted by Crippen LogP contribution is 2.36. The molecule has 0 amide bonds. The molecule has 0 bridgehead atoms. The van der Waals surface area contributed by atoms with Crippen molar-refractivity contribution in [3.63, 3.8) is 0 Å². The van der Waals surface area contributed by atoms with E-state index in [0.29, 0.717) is 35.6 Å². The third-order valence-electron chi connectivity index (χ3n) is 6.72. The highest BCUT2D eigenvalue weighted by molar-refractivity contribution is 6.31. The summed E-state index contributed by atoms with van der Waals surface area (Å²) in [6.07, 6.45) is -3.11. The van der Waals surface area contributed by atoms with E-state index in [4.69, 9.17) is 21.1 Å². The van der Waals surface area contributed by atoms with Gasteiger partial charge < -0.3 is 35.0 Å². The summed E-state index contributed by atoms with van der Waals surface area (Å²) in [5, 5.41) is 50.1. The molecule has 2 aliphatic rings. The van der Waals surface area contributed by atoms with Crippen molar-refractivity contribution < 1.29 is 39.8 Å². The summed E-state index contributed by atoms with van der Waals surface area (Å²) in [4.78, 5) is 11.7. The van der Waals surface area contributed by atoms with Crippen LogP contribution in [-0.4, -0.2) is 68.1 Å². The maximum absolute atomic E-state index is 11.7. The first kappa shape index (κ1) is 24.9. The molecule has 2 fully saturated rings. The first-order valence-corrected chi connectivity index (χ1v) is 11.7. The van der Waals surface area contributed by atoms with E-state index in [2.05, 4.69) is 0 Å². The van der Waals surface area contributed by atoms with Crippen LogP contribution in [0.25, 0.3) is 0 Å². The summed E-state index contributed by atoms with van der Waals surface area (Å²) in [5.74, 6) is -0.444. The molecule has 5 N–H and O–H groups in total. The van der Waals surface area contributed by atoms with Gasteiger partial charge in [0.05, 0.1) is 6.61 Å². The molecule has 8 nitrogen and oxygen atoms in total. The van der Waals surface area contributed by atoms with Crippen molar-refractivity contribution in [2.75, 3.05) is 6.61 Å². The van der Waals surface area contributed by atoms with Crippen molar-refractivity contribution in [2.24, 2.45) is 0 Å². The Hall–Kier alpha value is -2.20. The Morgan fingerprint density at radius 3 is 2.32 bits per heavy atom. The minimum Gasteiger partial charge on any atom is -0.478 e. The van der Waals surface area contributed by atoms with Gasteiger partial charge in [0, 0.05) is 5.02 Å². The molecule has 0 unspecified atom stereocenters. The van der Waals surface area contributed by atoms with Gasteiger partial charge in [-0.2, -0.15) is 0 Å². The third-order valence-corrected chi connectivity index (χ3v) is 7.09. The van der Waals surface area contributed by atoms with Crippen LogP contribution < -0.4 is 4.74 Å². The van der Waals surface area contributed by atoms with E-state index < -0.39 is 48.7 Å². The zero-order valence-corrected chi connectivity index (χ0v) is 19.3. The molecule has 1 saturated heterocycles. The van der Waals surface area contributed by atoms with Gasteiger partial charge in [0.15, 0.2) is 0 Å². The molecule has 1 heterocycles. The van der Waals surface area contributed by atoms with E-state index >= 15 is 0 Å². The molecule has 5 atom stereocenters. The highest BCUT2D eigenvalue weighted by atomic mass is 35.5. The lowest BCUT2D eigenvalue weighted by Gasteiger charge is -2.40. The number of benzene rings is 2. The number of carboxylic acids is 1. The summed E-state index contributed by atoms with van der Waals surface area (Å²) in [6.45, 7) is -0.501. The fourth-order valence-electron chi connectivity index (χ4n) is 4.71. The number of carboxylic acid groups (broad SMARTS) is 1. The Kier molecular flexibility index (Phi) is 7.47. The zero-order valence-electron chi connectivity index (χ0n) is 18.5. The van der Waals surface area contributed by atoms with Gasteiger partial charge in [0.1, 0.15) is 36.3 Å². The third kappa shape index (κ3) is 4.93. The lowest BCUT2D eigenvalue weighted by Crippen LogP contribution is -2.55. The Balaban J connectivity index is 1.50. The molecule has 0 aromatic heterocycles. The van der Waals surface area contributed by atoms with E-state index in [0.717, 1.165) is 24.0 Å². The summed E-state index contributed by atoms with van der Waals surface area (Å²) in [7, 11) is 0. The molecule has 9 heteroatoms. The lowest BCUT2D eigenvalue weighted by molar-refractivity contribution is -0.231. The smallest absolute Gasteiger partial charge is 0.348 e. The number of aliphatic hydroxyl groups is 4. The summed E-state index contributed by atoms with van der Waals surface area (Å²) in [5.41, 5.74) is 1.06. The predicted molar refractivity (Wildman–Crippen MR) is 123 cm³/mol. The van der Waals surface area contributed by atoms with E-state index in [1.807, 2.05) is 12.1 Å². The first-order valence-electron chi connectivity index (χ1n) is 11.3. The van der Waals surface area contributed by atoms with Gasteiger partial charge in [0.25, 0.3) is 0 Å². The number of carbonyl (C=O) groups is 1. The van der Waals surface area contributed by atoms with Crippen molar-refractivity contribution in [1.29, 1.82) is 0 Å². The number of halogens is 1. The lowest BCUT2D eigenvalue weighted by atomic mass is 9.90. The first-order chi connectivity index (χ1) is 16.2. The van der Waals surface area contributed by atoms with E-state index in [1.54, 1.807) is 30.3 Å². The van der Waals surface area contributed by atoms with Crippen molar-refractivity contribution in [3.05, 3.63) is 64.2 Å². The van der Waals surface area contributed by atoms with Crippen LogP contribution in [0.3, 0.4) is 0 Å². The fourth-order valence-corrected chi connectivity index (χ4v) is 4.90. The SMILES string of the molecule is O=C(O)C1(Oc2ccc(Cc3cc([C@@H]4O[C@H](CO)[C@@H](O)[C@H](O)[C@H]4O)ccc3Cl)cc2)CCCC1. The minimum absolute atomic E-state index is 0.453. The number of hydrogen-bond acceptors (Lipinski definition) is 7. The Labute approximate surface area is 202 Å². The number of aliphatic carboxylic acids is 1. The second kappa shape index (κ2) is 10.2. The topological polar surface area (TPSA) is 137 Å². The van der Waals surface area contributed by atoms with Gasteiger partial charge >= 0.3 is 5.97 Å². The molecule has 1 aliphatic heterocycles. The van der Waals surface area contributed by atoms with Crippen molar-refractivity contribution >= 4 is 17.6 Å². The van der Waals surface area contributed by atoms with E-state index in [1.165, 1.54) is 0 Å². The Bertz CT molecular complexity index is 1000. The number of ether oxygens (including phenoxy) is 2. The molecule has 0 radical (unpaired) electrons. The van der Waals surface area contributed by atoms with Gasteiger partial charge in [-0.25, -0.2) is 4.79 Å². The van der Waals surface area contributed by atoms with Gasteiger partial charge in [-0.3, -0.25) is 0 Å². The Morgan fingerprint density at radius 1 is 1.03 bits per heavy atom. The second-order valence-corrected chi connectivity index (χ2v) is 9.44. The van der Waals surface area contributed by atoms with Gasteiger partial charge in [-0.1, -0.05) is 35.9 Å². The average molecular weight is 493 g/mol. The van der Waals surface area contributed by atoms with Crippen molar-refractivity contribution in [1.82, 2.24) is 0 Å². The van der Waals surface area contributed by atoms with E-state index in [9.17, 15) is 30.3 Å². The normalized spacial score (nSPS) is 28.6. The molecule has 1 aliphatic carbocycles. The molecule has 0 spiro atoms. The maximum Gasteiger partial charge on any atom is 0.348 e. The van der Waals surface area contributed by atoms with Crippen molar-refractivity contribution in [2.45, 2.75) is 68.2 Å². The van der Waals surface area contributed by atoms with Crippen LogP contribution in [0.4, 0.5) is 0 Å². The number of hydrogen-bond donors (Lipinski definition) is 5. The molecule has 184 valence electrons. The number of aliphatic hydroxyl groups excluding tert-OH is 4.